The molecule has 3 rings (SSSR count). The van der Waals surface area contributed by atoms with Gasteiger partial charge in [0.05, 0.1) is 10.8 Å². The number of thioether (sulfide) groups is 2. The van der Waals surface area contributed by atoms with E-state index in [2.05, 4.69) is 16.7 Å². The Bertz CT molecular complexity index is 698. The molecule has 1 aromatic heterocycles. The SMILES string of the molecule is O=C(CCNC(=O)c1ccco1)Nc1cccc(C2SCCS2)c1. The summed E-state index contributed by atoms with van der Waals surface area (Å²) in [6.07, 6.45) is 1.65. The fraction of sp³-hybridized carbons (Fsp3) is 0.294. The first-order chi connectivity index (χ1) is 11.7. The second kappa shape index (κ2) is 8.30. The van der Waals surface area contributed by atoms with E-state index >= 15 is 0 Å². The van der Waals surface area contributed by atoms with Crippen molar-refractivity contribution in [3.8, 4) is 0 Å². The van der Waals surface area contributed by atoms with Gasteiger partial charge < -0.3 is 15.1 Å². The molecule has 0 spiro atoms. The van der Waals surface area contributed by atoms with Gasteiger partial charge in [-0.05, 0) is 29.8 Å². The molecule has 0 aliphatic carbocycles. The van der Waals surface area contributed by atoms with Crippen LogP contribution in [0, 0.1) is 0 Å². The number of rotatable bonds is 6. The minimum atomic E-state index is -0.315. The van der Waals surface area contributed by atoms with E-state index in [1.54, 1.807) is 12.1 Å². The van der Waals surface area contributed by atoms with Crippen LogP contribution in [0.15, 0.2) is 47.1 Å². The summed E-state index contributed by atoms with van der Waals surface area (Å²) < 4.78 is 5.45. The van der Waals surface area contributed by atoms with Crippen LogP contribution in [0.4, 0.5) is 5.69 Å². The van der Waals surface area contributed by atoms with E-state index in [9.17, 15) is 9.59 Å². The quantitative estimate of drug-likeness (QED) is 0.823. The molecule has 126 valence electrons. The number of furan rings is 1. The van der Waals surface area contributed by atoms with Gasteiger partial charge in [0, 0.05) is 30.2 Å². The zero-order valence-corrected chi connectivity index (χ0v) is 14.6. The number of hydrogen-bond donors (Lipinski definition) is 2. The molecule has 0 unspecified atom stereocenters. The van der Waals surface area contributed by atoms with Gasteiger partial charge in [-0.25, -0.2) is 0 Å². The first-order valence-corrected chi connectivity index (χ1v) is 9.77. The predicted molar refractivity (Wildman–Crippen MR) is 98.4 cm³/mol. The van der Waals surface area contributed by atoms with Gasteiger partial charge in [0.15, 0.2) is 5.76 Å². The van der Waals surface area contributed by atoms with E-state index in [0.717, 1.165) is 5.69 Å². The van der Waals surface area contributed by atoms with Crippen LogP contribution in [-0.2, 0) is 4.79 Å². The van der Waals surface area contributed by atoms with Crippen LogP contribution in [0.2, 0.25) is 0 Å². The Morgan fingerprint density at radius 2 is 2.00 bits per heavy atom. The molecule has 1 saturated heterocycles. The number of hydrogen-bond acceptors (Lipinski definition) is 5. The molecule has 2 amide bonds. The first-order valence-electron chi connectivity index (χ1n) is 7.67. The minimum absolute atomic E-state index is 0.126. The van der Waals surface area contributed by atoms with E-state index < -0.39 is 0 Å². The summed E-state index contributed by atoms with van der Waals surface area (Å²) in [5.74, 6) is 2.14. The molecule has 0 bridgehead atoms. The molecule has 0 saturated carbocycles. The Balaban J connectivity index is 1.46. The van der Waals surface area contributed by atoms with Crippen molar-refractivity contribution in [2.75, 3.05) is 23.4 Å². The normalized spacial score (nSPS) is 14.5. The highest BCUT2D eigenvalue weighted by Gasteiger charge is 2.18. The lowest BCUT2D eigenvalue weighted by molar-refractivity contribution is -0.116. The van der Waals surface area contributed by atoms with Gasteiger partial charge in [-0.1, -0.05) is 12.1 Å². The molecule has 24 heavy (non-hydrogen) atoms. The van der Waals surface area contributed by atoms with Crippen molar-refractivity contribution >= 4 is 41.0 Å². The van der Waals surface area contributed by atoms with E-state index in [4.69, 9.17) is 4.42 Å². The Labute approximate surface area is 149 Å². The lowest BCUT2D eigenvalue weighted by Gasteiger charge is -2.11. The number of carbonyl (C=O) groups excluding carboxylic acids is 2. The summed E-state index contributed by atoms with van der Waals surface area (Å²) in [4.78, 5) is 23.7. The van der Waals surface area contributed by atoms with E-state index in [-0.39, 0.29) is 30.5 Å². The van der Waals surface area contributed by atoms with Crippen molar-refractivity contribution in [3.63, 3.8) is 0 Å². The van der Waals surface area contributed by atoms with Gasteiger partial charge in [0.1, 0.15) is 0 Å². The molecule has 0 atom stereocenters. The maximum absolute atomic E-state index is 12.0. The summed E-state index contributed by atoms with van der Waals surface area (Å²) in [6.45, 7) is 0.263. The Kier molecular flexibility index (Phi) is 5.87. The van der Waals surface area contributed by atoms with Crippen LogP contribution in [0.1, 0.15) is 27.1 Å². The zero-order chi connectivity index (χ0) is 16.8. The van der Waals surface area contributed by atoms with Crippen LogP contribution < -0.4 is 10.6 Å². The summed E-state index contributed by atoms with van der Waals surface area (Å²) >= 11 is 3.87. The summed E-state index contributed by atoms with van der Waals surface area (Å²) in [6, 6.07) is 11.2. The largest absolute Gasteiger partial charge is 0.459 e. The molecule has 1 fully saturated rings. The second-order valence-corrected chi connectivity index (χ2v) is 7.95. The van der Waals surface area contributed by atoms with Gasteiger partial charge >= 0.3 is 0 Å². The van der Waals surface area contributed by atoms with E-state index in [1.165, 1.54) is 23.3 Å². The zero-order valence-electron chi connectivity index (χ0n) is 13.0. The third-order valence-electron chi connectivity index (χ3n) is 3.45. The number of nitrogens with one attached hydrogen (secondary N) is 2. The van der Waals surface area contributed by atoms with Crippen LogP contribution in [-0.4, -0.2) is 29.9 Å². The van der Waals surface area contributed by atoms with Gasteiger partial charge in [0.2, 0.25) is 5.91 Å². The van der Waals surface area contributed by atoms with Crippen LogP contribution >= 0.6 is 23.5 Å². The standard InChI is InChI=1S/C17H18N2O3S2/c20-15(6-7-18-16(21)14-5-2-8-22-14)19-13-4-1-3-12(11-13)17-23-9-10-24-17/h1-5,8,11,17H,6-7,9-10H2,(H,18,21)(H,19,20). The van der Waals surface area contributed by atoms with Crippen LogP contribution in [0.25, 0.3) is 0 Å². The Morgan fingerprint density at radius 1 is 1.17 bits per heavy atom. The number of carbonyl (C=O) groups is 2. The molecule has 2 heterocycles. The van der Waals surface area contributed by atoms with Crippen molar-refractivity contribution in [3.05, 3.63) is 54.0 Å². The highest BCUT2D eigenvalue weighted by Crippen LogP contribution is 2.45. The van der Waals surface area contributed by atoms with E-state index in [0.29, 0.717) is 4.58 Å². The molecule has 1 aromatic carbocycles. The molecular weight excluding hydrogens is 344 g/mol. The van der Waals surface area contributed by atoms with Crippen molar-refractivity contribution in [2.24, 2.45) is 0 Å². The molecule has 7 heteroatoms. The molecule has 2 aromatic rings. The molecule has 1 aliphatic rings. The smallest absolute Gasteiger partial charge is 0.286 e. The number of benzene rings is 1. The first kappa shape index (κ1) is 17.0. The summed E-state index contributed by atoms with van der Waals surface area (Å²) in [5, 5.41) is 5.54. The highest BCUT2D eigenvalue weighted by molar-refractivity contribution is 8.19. The third kappa shape index (κ3) is 4.58. The Morgan fingerprint density at radius 3 is 2.75 bits per heavy atom. The monoisotopic (exact) mass is 362 g/mol. The molecule has 1 aliphatic heterocycles. The van der Waals surface area contributed by atoms with Crippen molar-refractivity contribution in [1.29, 1.82) is 0 Å². The fourth-order valence-electron chi connectivity index (χ4n) is 2.32. The Hall–Kier alpha value is -1.86. The third-order valence-corrected chi connectivity index (χ3v) is 6.55. The average molecular weight is 362 g/mol. The van der Waals surface area contributed by atoms with Crippen molar-refractivity contribution in [2.45, 2.75) is 11.0 Å². The molecule has 0 radical (unpaired) electrons. The van der Waals surface area contributed by atoms with Crippen molar-refractivity contribution < 1.29 is 14.0 Å². The summed E-state index contributed by atoms with van der Waals surface area (Å²) in [5.41, 5.74) is 2.02. The minimum Gasteiger partial charge on any atom is -0.459 e. The lowest BCUT2D eigenvalue weighted by atomic mass is 10.2. The van der Waals surface area contributed by atoms with Gasteiger partial charge in [-0.3, -0.25) is 9.59 Å². The maximum Gasteiger partial charge on any atom is 0.286 e. The number of amides is 2. The lowest BCUT2D eigenvalue weighted by Crippen LogP contribution is -2.27. The van der Waals surface area contributed by atoms with Crippen LogP contribution in [0.5, 0.6) is 0 Å². The molecule has 5 nitrogen and oxygen atoms in total. The topological polar surface area (TPSA) is 71.3 Å². The van der Waals surface area contributed by atoms with Gasteiger partial charge in [-0.2, -0.15) is 0 Å². The predicted octanol–water partition coefficient (Wildman–Crippen LogP) is 3.52. The fourth-order valence-corrected chi connectivity index (χ4v) is 5.16. The van der Waals surface area contributed by atoms with E-state index in [1.807, 2.05) is 41.7 Å². The molecule has 2 N–H and O–H groups in total. The van der Waals surface area contributed by atoms with Gasteiger partial charge in [0.25, 0.3) is 5.91 Å². The van der Waals surface area contributed by atoms with Gasteiger partial charge in [-0.15, -0.1) is 23.5 Å². The number of anilines is 1. The summed E-state index contributed by atoms with van der Waals surface area (Å²) in [7, 11) is 0. The maximum atomic E-state index is 12.0. The van der Waals surface area contributed by atoms with Crippen LogP contribution in [0.3, 0.4) is 0 Å². The molecular formula is C17H18N2O3S2. The second-order valence-electron chi connectivity index (χ2n) is 5.23. The van der Waals surface area contributed by atoms with Crippen molar-refractivity contribution in [1.82, 2.24) is 5.32 Å². The average Bonchev–Trinajstić information content (AvgIpc) is 3.29. The highest BCUT2D eigenvalue weighted by atomic mass is 32.2.